The van der Waals surface area contributed by atoms with Gasteiger partial charge >= 0.3 is 0 Å². The lowest BCUT2D eigenvalue weighted by atomic mass is 10.1. The van der Waals surface area contributed by atoms with E-state index in [0.29, 0.717) is 0 Å². The Morgan fingerprint density at radius 1 is 0.941 bits per heavy atom. The third-order valence-corrected chi connectivity index (χ3v) is 3.11. The first-order valence-electron chi connectivity index (χ1n) is 5.80. The van der Waals surface area contributed by atoms with Gasteiger partial charge in [-0.15, -0.1) is 0 Å². The summed E-state index contributed by atoms with van der Waals surface area (Å²) in [5.41, 5.74) is 2.28. The molecule has 2 aromatic rings. The van der Waals surface area contributed by atoms with Crippen LogP contribution >= 0.6 is 0 Å². The Hall–Kier alpha value is -1.83. The Morgan fingerprint density at radius 2 is 1.71 bits per heavy atom. The highest BCUT2D eigenvalue weighted by atomic mass is 19.1. The summed E-state index contributed by atoms with van der Waals surface area (Å²) in [6, 6.07) is 14.8. The quantitative estimate of drug-likeness (QED) is 0.765. The summed E-state index contributed by atoms with van der Waals surface area (Å²) < 4.78 is 19.0. The molecule has 0 amide bonds. The Kier molecular flexibility index (Phi) is 2.56. The molecule has 1 unspecified atom stereocenters. The number of rotatable bonds is 2. The van der Waals surface area contributed by atoms with Crippen LogP contribution in [-0.4, -0.2) is 6.10 Å². The molecule has 0 aromatic heterocycles. The van der Waals surface area contributed by atoms with Crippen molar-refractivity contribution in [3.05, 3.63) is 65.5 Å². The highest BCUT2D eigenvalue weighted by molar-refractivity contribution is 5.34. The van der Waals surface area contributed by atoms with Crippen molar-refractivity contribution in [2.24, 2.45) is 0 Å². The molecule has 2 heteroatoms. The SMILES string of the molecule is Fc1ccc2c(c1)CC(Oc1ccccc1)C2. The van der Waals surface area contributed by atoms with Gasteiger partial charge in [0.1, 0.15) is 17.7 Å². The molecule has 0 saturated heterocycles. The van der Waals surface area contributed by atoms with E-state index in [-0.39, 0.29) is 11.9 Å². The van der Waals surface area contributed by atoms with E-state index in [0.717, 1.165) is 24.2 Å². The van der Waals surface area contributed by atoms with E-state index in [2.05, 4.69) is 0 Å². The van der Waals surface area contributed by atoms with Gasteiger partial charge in [0.2, 0.25) is 0 Å². The highest BCUT2D eigenvalue weighted by Crippen LogP contribution is 2.26. The molecule has 3 rings (SSSR count). The zero-order valence-corrected chi connectivity index (χ0v) is 9.40. The number of fused-ring (bicyclic) bond motifs is 1. The normalized spacial score (nSPS) is 17.8. The number of para-hydroxylation sites is 1. The van der Waals surface area contributed by atoms with E-state index >= 15 is 0 Å². The first-order valence-corrected chi connectivity index (χ1v) is 5.80. The summed E-state index contributed by atoms with van der Waals surface area (Å²) in [5.74, 6) is 0.717. The molecule has 0 fully saturated rings. The van der Waals surface area contributed by atoms with E-state index in [4.69, 9.17) is 4.74 Å². The minimum Gasteiger partial charge on any atom is -0.490 e. The van der Waals surface area contributed by atoms with Gasteiger partial charge in [-0.05, 0) is 35.4 Å². The Bertz CT molecular complexity index is 522. The van der Waals surface area contributed by atoms with Gasteiger partial charge in [-0.25, -0.2) is 4.39 Å². The second-order valence-corrected chi connectivity index (χ2v) is 4.37. The molecule has 0 aliphatic heterocycles. The first-order chi connectivity index (χ1) is 8.31. The molecule has 0 N–H and O–H groups in total. The first kappa shape index (κ1) is 10.3. The maximum Gasteiger partial charge on any atom is 0.123 e. The van der Waals surface area contributed by atoms with Crippen molar-refractivity contribution >= 4 is 0 Å². The van der Waals surface area contributed by atoms with Crippen molar-refractivity contribution in [1.29, 1.82) is 0 Å². The molecular weight excluding hydrogens is 215 g/mol. The van der Waals surface area contributed by atoms with Crippen LogP contribution in [0.25, 0.3) is 0 Å². The fourth-order valence-corrected chi connectivity index (χ4v) is 2.32. The van der Waals surface area contributed by atoms with Crippen LogP contribution in [0.15, 0.2) is 48.5 Å². The lowest BCUT2D eigenvalue weighted by Gasteiger charge is -2.12. The van der Waals surface area contributed by atoms with Crippen LogP contribution in [0.3, 0.4) is 0 Å². The van der Waals surface area contributed by atoms with Gasteiger partial charge in [0.05, 0.1) is 0 Å². The fraction of sp³-hybridized carbons (Fsp3) is 0.200. The third-order valence-electron chi connectivity index (χ3n) is 3.11. The Morgan fingerprint density at radius 3 is 2.53 bits per heavy atom. The molecule has 0 heterocycles. The molecule has 2 aromatic carbocycles. The zero-order valence-electron chi connectivity index (χ0n) is 9.40. The summed E-state index contributed by atoms with van der Waals surface area (Å²) in [5, 5.41) is 0. The van der Waals surface area contributed by atoms with Crippen molar-refractivity contribution in [1.82, 2.24) is 0 Å². The minimum absolute atomic E-state index is 0.134. The minimum atomic E-state index is -0.163. The van der Waals surface area contributed by atoms with E-state index in [9.17, 15) is 4.39 Å². The summed E-state index contributed by atoms with van der Waals surface area (Å²) in [4.78, 5) is 0. The zero-order chi connectivity index (χ0) is 11.7. The maximum atomic E-state index is 13.1. The predicted octanol–water partition coefficient (Wildman–Crippen LogP) is 3.37. The summed E-state index contributed by atoms with van der Waals surface area (Å²) in [6.45, 7) is 0. The molecule has 0 bridgehead atoms. The average molecular weight is 228 g/mol. The molecule has 0 saturated carbocycles. The molecule has 1 aliphatic carbocycles. The largest absolute Gasteiger partial charge is 0.490 e. The molecule has 17 heavy (non-hydrogen) atoms. The van der Waals surface area contributed by atoms with Gasteiger partial charge in [0, 0.05) is 12.8 Å². The van der Waals surface area contributed by atoms with Crippen molar-refractivity contribution in [2.75, 3.05) is 0 Å². The van der Waals surface area contributed by atoms with Crippen LogP contribution in [0.5, 0.6) is 5.75 Å². The van der Waals surface area contributed by atoms with Gasteiger partial charge in [0.25, 0.3) is 0 Å². The maximum absolute atomic E-state index is 13.1. The van der Waals surface area contributed by atoms with Crippen LogP contribution in [-0.2, 0) is 12.8 Å². The number of hydrogen-bond acceptors (Lipinski definition) is 1. The van der Waals surface area contributed by atoms with E-state index in [1.54, 1.807) is 6.07 Å². The Labute approximate surface area is 99.9 Å². The van der Waals surface area contributed by atoms with Gasteiger partial charge in [-0.1, -0.05) is 24.3 Å². The monoisotopic (exact) mass is 228 g/mol. The molecule has 0 radical (unpaired) electrons. The van der Waals surface area contributed by atoms with Crippen LogP contribution < -0.4 is 4.74 Å². The third kappa shape index (κ3) is 2.16. The molecule has 0 spiro atoms. The second kappa shape index (κ2) is 4.21. The van der Waals surface area contributed by atoms with Crippen molar-refractivity contribution < 1.29 is 9.13 Å². The van der Waals surface area contributed by atoms with Gasteiger partial charge in [-0.2, -0.15) is 0 Å². The molecular formula is C15H13FO. The van der Waals surface area contributed by atoms with E-state index in [1.807, 2.05) is 36.4 Å². The average Bonchev–Trinajstić information content (AvgIpc) is 2.71. The Balaban J connectivity index is 1.74. The lowest BCUT2D eigenvalue weighted by molar-refractivity contribution is 0.214. The number of hydrogen-bond donors (Lipinski definition) is 0. The van der Waals surface area contributed by atoms with Crippen LogP contribution in [0.2, 0.25) is 0 Å². The number of halogens is 1. The fourth-order valence-electron chi connectivity index (χ4n) is 2.32. The van der Waals surface area contributed by atoms with Gasteiger partial charge in [-0.3, -0.25) is 0 Å². The molecule has 1 atom stereocenters. The van der Waals surface area contributed by atoms with Gasteiger partial charge in [0.15, 0.2) is 0 Å². The van der Waals surface area contributed by atoms with Crippen LogP contribution in [0.1, 0.15) is 11.1 Å². The van der Waals surface area contributed by atoms with Crippen LogP contribution in [0, 0.1) is 5.82 Å². The second-order valence-electron chi connectivity index (χ2n) is 4.37. The molecule has 1 aliphatic rings. The smallest absolute Gasteiger partial charge is 0.123 e. The topological polar surface area (TPSA) is 9.23 Å². The summed E-state index contributed by atoms with van der Waals surface area (Å²) in [7, 11) is 0. The summed E-state index contributed by atoms with van der Waals surface area (Å²) in [6.07, 6.45) is 1.79. The standard InChI is InChI=1S/C15H13FO/c16-13-7-6-11-9-15(10-12(11)8-13)17-14-4-2-1-3-5-14/h1-8,15H,9-10H2. The van der Waals surface area contributed by atoms with Crippen molar-refractivity contribution in [2.45, 2.75) is 18.9 Å². The predicted molar refractivity (Wildman–Crippen MR) is 64.7 cm³/mol. The van der Waals surface area contributed by atoms with Crippen LogP contribution in [0.4, 0.5) is 4.39 Å². The van der Waals surface area contributed by atoms with Crippen molar-refractivity contribution in [3.63, 3.8) is 0 Å². The van der Waals surface area contributed by atoms with Crippen molar-refractivity contribution in [3.8, 4) is 5.75 Å². The van der Waals surface area contributed by atoms with E-state index in [1.165, 1.54) is 11.6 Å². The number of benzene rings is 2. The summed E-state index contributed by atoms with van der Waals surface area (Å²) >= 11 is 0. The lowest BCUT2D eigenvalue weighted by Crippen LogP contribution is -2.16. The van der Waals surface area contributed by atoms with E-state index < -0.39 is 0 Å². The highest BCUT2D eigenvalue weighted by Gasteiger charge is 2.23. The molecule has 86 valence electrons. The van der Waals surface area contributed by atoms with Gasteiger partial charge < -0.3 is 4.74 Å². The number of ether oxygens (including phenoxy) is 1. The molecule has 1 nitrogen and oxygen atoms in total.